The molecule has 1 unspecified atom stereocenters. The third kappa shape index (κ3) is 5.26. The summed E-state index contributed by atoms with van der Waals surface area (Å²) in [4.78, 5) is 13.0. The van der Waals surface area contributed by atoms with Crippen molar-refractivity contribution in [2.45, 2.75) is 25.1 Å². The van der Waals surface area contributed by atoms with E-state index in [-0.39, 0.29) is 11.5 Å². The Morgan fingerprint density at radius 3 is 2.40 bits per heavy atom. The molecule has 1 heterocycles. The van der Waals surface area contributed by atoms with Gasteiger partial charge in [0.2, 0.25) is 0 Å². The molecule has 4 rings (SSSR count). The van der Waals surface area contributed by atoms with Gasteiger partial charge in [0.25, 0.3) is 0 Å². The van der Waals surface area contributed by atoms with Crippen LogP contribution in [0.2, 0.25) is 0 Å². The van der Waals surface area contributed by atoms with Crippen molar-refractivity contribution in [2.75, 3.05) is 18.1 Å². The molecule has 3 aromatic rings. The minimum absolute atomic E-state index is 0.129. The maximum absolute atomic E-state index is 12.5. The number of carboxylic acid groups (broad SMARTS) is 1. The number of hydrogen-bond acceptors (Lipinski definition) is 4. The first kappa shape index (κ1) is 24.2. The molecule has 1 aliphatic heterocycles. The van der Waals surface area contributed by atoms with Crippen LogP contribution >= 0.6 is 0 Å². The van der Waals surface area contributed by atoms with Crippen molar-refractivity contribution in [2.24, 2.45) is 0 Å². The summed E-state index contributed by atoms with van der Waals surface area (Å²) in [6.45, 7) is 1.31. The topological polar surface area (TPSA) is 70.0 Å². The standard InChI is InChI=1S/C27H24F3NO4/c1-26(20-5-2-18(3-6-20)4-13-25(33)34)24-12-9-22(32)16-19(24)14-15-31(26)21-7-10-23(11-8-21)35-17-27(28,29)30/h2-13,16,32H,14-15,17H2,1H3,(H,33,34)/b13-4+. The molecule has 0 amide bonds. The number of fused-ring (bicyclic) bond motifs is 1. The molecule has 0 fully saturated rings. The van der Waals surface area contributed by atoms with E-state index < -0.39 is 24.3 Å². The summed E-state index contributed by atoms with van der Waals surface area (Å²) in [5.41, 5.74) is 3.81. The number of benzene rings is 3. The monoisotopic (exact) mass is 483 g/mol. The van der Waals surface area contributed by atoms with Gasteiger partial charge in [-0.15, -0.1) is 0 Å². The number of carbonyl (C=O) groups is 1. The highest BCUT2D eigenvalue weighted by atomic mass is 19.4. The Balaban J connectivity index is 1.72. The van der Waals surface area contributed by atoms with Crippen molar-refractivity contribution in [1.29, 1.82) is 0 Å². The highest BCUT2D eigenvalue weighted by Crippen LogP contribution is 2.44. The van der Waals surface area contributed by atoms with E-state index in [1.807, 2.05) is 30.3 Å². The summed E-state index contributed by atoms with van der Waals surface area (Å²) in [6, 6.07) is 19.3. The fraction of sp³-hybridized carbons (Fsp3) is 0.222. The Kier molecular flexibility index (Phi) is 6.47. The predicted octanol–water partition coefficient (Wildman–Crippen LogP) is 5.76. The summed E-state index contributed by atoms with van der Waals surface area (Å²) in [5, 5.41) is 18.9. The molecule has 5 nitrogen and oxygen atoms in total. The number of alkyl halides is 3. The Hall–Kier alpha value is -3.94. The van der Waals surface area contributed by atoms with Crippen LogP contribution in [-0.2, 0) is 16.8 Å². The Bertz CT molecular complexity index is 1240. The molecule has 0 aromatic heterocycles. The van der Waals surface area contributed by atoms with Crippen LogP contribution in [0.4, 0.5) is 18.9 Å². The number of phenolic OH excluding ortho intramolecular Hbond substituents is 1. The van der Waals surface area contributed by atoms with Gasteiger partial charge in [0.05, 0.1) is 5.54 Å². The lowest BCUT2D eigenvalue weighted by Gasteiger charge is -2.48. The van der Waals surface area contributed by atoms with Gasteiger partial charge in [-0.1, -0.05) is 30.3 Å². The van der Waals surface area contributed by atoms with E-state index in [1.54, 1.807) is 24.3 Å². The first-order valence-corrected chi connectivity index (χ1v) is 11.0. The third-order valence-corrected chi connectivity index (χ3v) is 6.20. The fourth-order valence-corrected chi connectivity index (χ4v) is 4.54. The highest BCUT2D eigenvalue weighted by Gasteiger charge is 2.40. The molecular formula is C27H24F3NO4. The van der Waals surface area contributed by atoms with Gasteiger partial charge in [-0.25, -0.2) is 4.79 Å². The lowest BCUT2D eigenvalue weighted by Crippen LogP contribution is -2.49. The van der Waals surface area contributed by atoms with Gasteiger partial charge in [-0.3, -0.25) is 0 Å². The molecule has 0 spiro atoms. The zero-order chi connectivity index (χ0) is 25.2. The van der Waals surface area contributed by atoms with Crippen LogP contribution in [0.15, 0.2) is 72.8 Å². The highest BCUT2D eigenvalue weighted by molar-refractivity contribution is 5.85. The van der Waals surface area contributed by atoms with Crippen LogP contribution < -0.4 is 9.64 Å². The van der Waals surface area contributed by atoms with E-state index in [0.29, 0.717) is 13.0 Å². The zero-order valence-corrected chi connectivity index (χ0v) is 18.9. The van der Waals surface area contributed by atoms with Crippen molar-refractivity contribution in [3.63, 3.8) is 0 Å². The fourth-order valence-electron chi connectivity index (χ4n) is 4.54. The Morgan fingerprint density at radius 1 is 1.09 bits per heavy atom. The lowest BCUT2D eigenvalue weighted by atomic mass is 9.76. The van der Waals surface area contributed by atoms with Crippen LogP contribution in [0.5, 0.6) is 11.5 Å². The molecule has 8 heteroatoms. The van der Waals surface area contributed by atoms with E-state index >= 15 is 0 Å². The van der Waals surface area contributed by atoms with Crippen LogP contribution in [0.1, 0.15) is 29.2 Å². The third-order valence-electron chi connectivity index (χ3n) is 6.20. The summed E-state index contributed by atoms with van der Waals surface area (Å²) in [7, 11) is 0. The minimum Gasteiger partial charge on any atom is -0.508 e. The number of anilines is 1. The second kappa shape index (κ2) is 9.37. The summed E-state index contributed by atoms with van der Waals surface area (Å²) in [5.74, 6) is -0.722. The van der Waals surface area contributed by atoms with Gasteiger partial charge < -0.3 is 19.8 Å². The van der Waals surface area contributed by atoms with Crippen LogP contribution in [0.25, 0.3) is 6.08 Å². The number of carboxylic acids is 1. The van der Waals surface area contributed by atoms with Crippen molar-refractivity contribution in [1.82, 2.24) is 0 Å². The van der Waals surface area contributed by atoms with Gasteiger partial charge in [0.1, 0.15) is 11.5 Å². The number of rotatable bonds is 6. The van der Waals surface area contributed by atoms with E-state index in [9.17, 15) is 23.1 Å². The predicted molar refractivity (Wildman–Crippen MR) is 127 cm³/mol. The maximum Gasteiger partial charge on any atom is 0.422 e. The number of nitrogens with zero attached hydrogens (tertiary/aromatic N) is 1. The normalized spacial score (nSPS) is 17.9. The maximum atomic E-state index is 12.5. The summed E-state index contributed by atoms with van der Waals surface area (Å²) in [6.07, 6.45) is -1.15. The van der Waals surface area contributed by atoms with Crippen molar-refractivity contribution >= 4 is 17.7 Å². The molecule has 1 atom stereocenters. The first-order chi connectivity index (χ1) is 16.6. The Labute approximate surface area is 200 Å². The molecule has 1 aliphatic rings. The Morgan fingerprint density at radius 2 is 1.77 bits per heavy atom. The summed E-state index contributed by atoms with van der Waals surface area (Å²) < 4.78 is 42.4. The van der Waals surface area contributed by atoms with Crippen LogP contribution in [0.3, 0.4) is 0 Å². The second-order valence-corrected chi connectivity index (χ2v) is 8.51. The van der Waals surface area contributed by atoms with Crippen LogP contribution in [0, 0.1) is 0 Å². The number of halogens is 3. The van der Waals surface area contributed by atoms with E-state index in [4.69, 9.17) is 9.84 Å². The van der Waals surface area contributed by atoms with E-state index in [1.165, 1.54) is 18.2 Å². The average Bonchev–Trinajstić information content (AvgIpc) is 2.82. The lowest BCUT2D eigenvalue weighted by molar-refractivity contribution is -0.153. The number of ether oxygens (including phenoxy) is 1. The molecule has 0 bridgehead atoms. The number of phenols is 1. The molecule has 2 N–H and O–H groups in total. The minimum atomic E-state index is -4.41. The SMILES string of the molecule is CC1(c2ccc(/C=C/C(=O)O)cc2)c2ccc(O)cc2CCN1c1ccc(OCC(F)(F)F)cc1. The molecule has 0 radical (unpaired) electrons. The summed E-state index contributed by atoms with van der Waals surface area (Å²) >= 11 is 0. The molecule has 182 valence electrons. The van der Waals surface area contributed by atoms with Gasteiger partial charge in [-0.2, -0.15) is 13.2 Å². The van der Waals surface area contributed by atoms with E-state index in [0.717, 1.165) is 34.0 Å². The molecule has 0 saturated carbocycles. The smallest absolute Gasteiger partial charge is 0.422 e. The number of aromatic hydroxyl groups is 1. The van der Waals surface area contributed by atoms with Gasteiger partial charge >= 0.3 is 12.1 Å². The average molecular weight is 483 g/mol. The second-order valence-electron chi connectivity index (χ2n) is 8.51. The molecule has 3 aromatic carbocycles. The first-order valence-electron chi connectivity index (χ1n) is 11.0. The largest absolute Gasteiger partial charge is 0.508 e. The van der Waals surface area contributed by atoms with Gasteiger partial charge in [0.15, 0.2) is 6.61 Å². The molecule has 35 heavy (non-hydrogen) atoms. The zero-order valence-electron chi connectivity index (χ0n) is 18.9. The van der Waals surface area contributed by atoms with Crippen molar-refractivity contribution in [3.05, 3.63) is 95.1 Å². The van der Waals surface area contributed by atoms with Gasteiger partial charge in [0, 0.05) is 18.3 Å². The molecule has 0 aliphatic carbocycles. The number of hydrogen-bond donors (Lipinski definition) is 2. The van der Waals surface area contributed by atoms with Crippen molar-refractivity contribution in [3.8, 4) is 11.5 Å². The number of aliphatic carboxylic acids is 1. The van der Waals surface area contributed by atoms with Crippen molar-refractivity contribution < 1.29 is 32.9 Å². The van der Waals surface area contributed by atoms with Crippen LogP contribution in [-0.4, -0.2) is 35.5 Å². The molecule has 0 saturated heterocycles. The molecular weight excluding hydrogens is 459 g/mol. The quantitative estimate of drug-likeness (QED) is 0.437. The van der Waals surface area contributed by atoms with E-state index in [2.05, 4.69) is 11.8 Å². The van der Waals surface area contributed by atoms with Gasteiger partial charge in [-0.05, 0) is 78.1 Å².